The van der Waals surface area contributed by atoms with Gasteiger partial charge in [-0.1, -0.05) is 41.9 Å². The fourth-order valence-corrected chi connectivity index (χ4v) is 2.58. The summed E-state index contributed by atoms with van der Waals surface area (Å²) in [6.07, 6.45) is 2.02. The van der Waals surface area contributed by atoms with Crippen LogP contribution in [0.5, 0.6) is 0 Å². The molecule has 0 atom stereocenters. The van der Waals surface area contributed by atoms with Crippen LogP contribution in [0.3, 0.4) is 0 Å². The predicted molar refractivity (Wildman–Crippen MR) is 90.3 cm³/mol. The van der Waals surface area contributed by atoms with Crippen LogP contribution in [0.15, 0.2) is 54.7 Å². The number of rotatable bonds is 3. The molecule has 2 aromatic carbocycles. The van der Waals surface area contributed by atoms with Crippen LogP contribution in [0.25, 0.3) is 10.9 Å². The zero-order valence-corrected chi connectivity index (χ0v) is 12.9. The molecule has 1 N–H and O–H groups in total. The number of nitrogens with zero attached hydrogens (tertiary/aromatic N) is 1. The molecule has 0 aliphatic rings. The van der Waals surface area contributed by atoms with Crippen LogP contribution in [-0.4, -0.2) is 10.9 Å². The topological polar surface area (TPSA) is 42.0 Å². The highest BCUT2D eigenvalue weighted by Gasteiger charge is 2.09. The molecule has 110 valence electrons. The van der Waals surface area contributed by atoms with E-state index in [2.05, 4.69) is 10.3 Å². The Morgan fingerprint density at radius 1 is 1.18 bits per heavy atom. The van der Waals surface area contributed by atoms with E-state index in [0.29, 0.717) is 5.02 Å². The smallest absolute Gasteiger partial charge is 0.228 e. The van der Waals surface area contributed by atoms with Crippen LogP contribution in [0, 0.1) is 6.92 Å². The summed E-state index contributed by atoms with van der Waals surface area (Å²) in [4.78, 5) is 16.7. The van der Waals surface area contributed by atoms with Crippen LogP contribution in [0.1, 0.15) is 11.1 Å². The number of carbonyl (C=O) groups excluding carboxylic acids is 1. The minimum Gasteiger partial charge on any atom is -0.326 e. The molecule has 0 fully saturated rings. The van der Waals surface area contributed by atoms with Crippen molar-refractivity contribution in [2.24, 2.45) is 0 Å². The maximum absolute atomic E-state index is 12.3. The molecule has 0 aliphatic carbocycles. The van der Waals surface area contributed by atoms with Crippen LogP contribution in [0.4, 0.5) is 5.69 Å². The lowest BCUT2D eigenvalue weighted by molar-refractivity contribution is -0.115. The maximum Gasteiger partial charge on any atom is 0.228 e. The molecule has 22 heavy (non-hydrogen) atoms. The third-order valence-electron chi connectivity index (χ3n) is 3.54. The molecule has 3 rings (SSSR count). The summed E-state index contributed by atoms with van der Waals surface area (Å²) in [6, 6.07) is 15.2. The second-order valence-electron chi connectivity index (χ2n) is 5.18. The third kappa shape index (κ3) is 3.10. The van der Waals surface area contributed by atoms with Crippen molar-refractivity contribution in [3.63, 3.8) is 0 Å². The van der Waals surface area contributed by atoms with Gasteiger partial charge in [-0.3, -0.25) is 9.78 Å². The predicted octanol–water partition coefficient (Wildman–Crippen LogP) is 4.38. The van der Waals surface area contributed by atoms with E-state index in [1.165, 1.54) is 0 Å². The van der Waals surface area contributed by atoms with Gasteiger partial charge in [-0.2, -0.15) is 0 Å². The van der Waals surface area contributed by atoms with Gasteiger partial charge in [0, 0.05) is 22.3 Å². The fraction of sp³-hybridized carbons (Fsp3) is 0.111. The fourth-order valence-electron chi connectivity index (χ4n) is 2.41. The van der Waals surface area contributed by atoms with Gasteiger partial charge in [0.2, 0.25) is 5.91 Å². The molecule has 1 heterocycles. The van der Waals surface area contributed by atoms with Gasteiger partial charge < -0.3 is 5.32 Å². The van der Waals surface area contributed by atoms with E-state index in [-0.39, 0.29) is 12.3 Å². The molecule has 0 bridgehead atoms. The first-order valence-corrected chi connectivity index (χ1v) is 7.40. The Morgan fingerprint density at radius 2 is 2.00 bits per heavy atom. The lowest BCUT2D eigenvalue weighted by Crippen LogP contribution is -2.15. The van der Waals surface area contributed by atoms with Gasteiger partial charge in [0.15, 0.2) is 0 Å². The monoisotopic (exact) mass is 310 g/mol. The molecule has 3 nitrogen and oxygen atoms in total. The first-order chi connectivity index (χ1) is 10.6. The van der Waals surface area contributed by atoms with Crippen molar-refractivity contribution in [2.75, 3.05) is 5.32 Å². The largest absolute Gasteiger partial charge is 0.326 e. The Hall–Kier alpha value is -2.39. The molecule has 1 amide bonds. The highest BCUT2D eigenvalue weighted by Crippen LogP contribution is 2.21. The molecule has 0 unspecified atom stereocenters. The van der Waals surface area contributed by atoms with Crippen molar-refractivity contribution < 1.29 is 4.79 Å². The lowest BCUT2D eigenvalue weighted by atomic mass is 10.1. The van der Waals surface area contributed by atoms with E-state index in [9.17, 15) is 4.79 Å². The summed E-state index contributed by atoms with van der Waals surface area (Å²) in [6.45, 7) is 1.94. The standard InChI is InChI=1S/C18H15ClN2O/c1-12-7-8-15(19)11-16(12)21-17(22)10-14-5-2-4-13-6-3-9-20-18(13)14/h2-9,11H,10H2,1H3,(H,21,22). The van der Waals surface area contributed by atoms with Crippen molar-refractivity contribution in [1.29, 1.82) is 0 Å². The number of fused-ring (bicyclic) bond motifs is 1. The Labute approximate surface area is 133 Å². The summed E-state index contributed by atoms with van der Waals surface area (Å²) in [5.41, 5.74) is 3.50. The van der Waals surface area contributed by atoms with Gasteiger partial charge in [-0.15, -0.1) is 0 Å². The van der Waals surface area contributed by atoms with Gasteiger partial charge in [0.25, 0.3) is 0 Å². The summed E-state index contributed by atoms with van der Waals surface area (Å²) in [5.74, 6) is -0.0801. The van der Waals surface area contributed by atoms with E-state index >= 15 is 0 Å². The van der Waals surface area contributed by atoms with Gasteiger partial charge in [-0.25, -0.2) is 0 Å². The van der Waals surface area contributed by atoms with Crippen LogP contribution >= 0.6 is 11.6 Å². The zero-order chi connectivity index (χ0) is 15.5. The number of hydrogen-bond acceptors (Lipinski definition) is 2. The summed E-state index contributed by atoms with van der Waals surface area (Å²) >= 11 is 5.98. The highest BCUT2D eigenvalue weighted by atomic mass is 35.5. The summed E-state index contributed by atoms with van der Waals surface area (Å²) < 4.78 is 0. The van der Waals surface area contributed by atoms with E-state index in [1.807, 2.05) is 43.3 Å². The van der Waals surface area contributed by atoms with Gasteiger partial charge >= 0.3 is 0 Å². The number of amides is 1. The van der Waals surface area contributed by atoms with Crippen molar-refractivity contribution in [3.05, 3.63) is 70.9 Å². The number of nitrogens with one attached hydrogen (secondary N) is 1. The van der Waals surface area contributed by atoms with E-state index in [0.717, 1.165) is 27.7 Å². The van der Waals surface area contributed by atoms with Gasteiger partial charge in [0.1, 0.15) is 0 Å². The third-order valence-corrected chi connectivity index (χ3v) is 3.78. The number of carbonyl (C=O) groups is 1. The first kappa shape index (κ1) is 14.5. The zero-order valence-electron chi connectivity index (χ0n) is 12.1. The number of para-hydroxylation sites is 1. The van der Waals surface area contributed by atoms with E-state index < -0.39 is 0 Å². The first-order valence-electron chi connectivity index (χ1n) is 7.02. The normalized spacial score (nSPS) is 10.6. The molecular weight excluding hydrogens is 296 g/mol. The van der Waals surface area contributed by atoms with E-state index in [1.54, 1.807) is 18.3 Å². The van der Waals surface area contributed by atoms with Crippen LogP contribution < -0.4 is 5.32 Å². The molecule has 3 aromatic rings. The van der Waals surface area contributed by atoms with E-state index in [4.69, 9.17) is 11.6 Å². The second-order valence-corrected chi connectivity index (χ2v) is 5.61. The Morgan fingerprint density at radius 3 is 2.86 bits per heavy atom. The minimum atomic E-state index is -0.0801. The molecule has 0 aliphatic heterocycles. The van der Waals surface area contributed by atoms with Crippen molar-refractivity contribution in [2.45, 2.75) is 13.3 Å². The molecular formula is C18H15ClN2O. The Balaban J connectivity index is 1.83. The average molecular weight is 311 g/mol. The number of aryl methyl sites for hydroxylation is 1. The molecule has 1 aromatic heterocycles. The number of benzene rings is 2. The molecule has 0 saturated heterocycles. The molecule has 0 radical (unpaired) electrons. The van der Waals surface area contributed by atoms with Crippen molar-refractivity contribution >= 4 is 34.1 Å². The second kappa shape index (κ2) is 6.16. The highest BCUT2D eigenvalue weighted by molar-refractivity contribution is 6.31. The number of aromatic nitrogens is 1. The van der Waals surface area contributed by atoms with Crippen molar-refractivity contribution in [1.82, 2.24) is 4.98 Å². The molecule has 0 spiro atoms. The van der Waals surface area contributed by atoms with Crippen LogP contribution in [-0.2, 0) is 11.2 Å². The lowest BCUT2D eigenvalue weighted by Gasteiger charge is -2.10. The summed E-state index contributed by atoms with van der Waals surface area (Å²) in [7, 11) is 0. The maximum atomic E-state index is 12.3. The van der Waals surface area contributed by atoms with Crippen LogP contribution in [0.2, 0.25) is 5.02 Å². The summed E-state index contributed by atoms with van der Waals surface area (Å²) in [5, 5.41) is 4.55. The van der Waals surface area contributed by atoms with Gasteiger partial charge in [-0.05, 0) is 36.2 Å². The Kier molecular flexibility index (Phi) is 4.07. The SMILES string of the molecule is Cc1ccc(Cl)cc1NC(=O)Cc1cccc2cccnc12. The number of anilines is 1. The molecule has 4 heteroatoms. The quantitative estimate of drug-likeness (QED) is 0.780. The number of hydrogen-bond donors (Lipinski definition) is 1. The number of halogens is 1. The molecule has 0 saturated carbocycles. The Bertz CT molecular complexity index is 840. The number of pyridine rings is 1. The van der Waals surface area contributed by atoms with Crippen molar-refractivity contribution in [3.8, 4) is 0 Å². The minimum absolute atomic E-state index is 0.0801. The average Bonchev–Trinajstić information content (AvgIpc) is 2.51. The van der Waals surface area contributed by atoms with Gasteiger partial charge in [0.05, 0.1) is 11.9 Å².